The first-order valence-electron chi connectivity index (χ1n) is 8.94. The minimum atomic E-state index is -0.0518. The van der Waals surface area contributed by atoms with Crippen LogP contribution in [0.25, 0.3) is 0 Å². The number of nitrogens with zero attached hydrogens (tertiary/aromatic N) is 2. The van der Waals surface area contributed by atoms with Crippen molar-refractivity contribution in [3.05, 3.63) is 33.1 Å². The molecule has 25 heavy (non-hydrogen) atoms. The molecule has 2 aromatic heterocycles. The first kappa shape index (κ1) is 18.1. The van der Waals surface area contributed by atoms with Crippen molar-refractivity contribution < 1.29 is 14.1 Å². The molecule has 1 aliphatic heterocycles. The van der Waals surface area contributed by atoms with E-state index in [4.69, 9.17) is 9.26 Å². The van der Waals surface area contributed by atoms with E-state index in [0.717, 1.165) is 61.6 Å². The zero-order chi connectivity index (χ0) is 17.6. The van der Waals surface area contributed by atoms with Crippen molar-refractivity contribution in [3.8, 4) is 0 Å². The van der Waals surface area contributed by atoms with Gasteiger partial charge in [0.25, 0.3) is 5.91 Å². The van der Waals surface area contributed by atoms with Crippen molar-refractivity contribution in [2.75, 3.05) is 13.2 Å². The second-order valence-corrected chi connectivity index (χ2v) is 7.53. The van der Waals surface area contributed by atoms with Crippen molar-refractivity contribution >= 4 is 17.2 Å². The highest BCUT2D eigenvalue weighted by atomic mass is 32.1. The van der Waals surface area contributed by atoms with Crippen LogP contribution in [-0.4, -0.2) is 35.3 Å². The zero-order valence-electron chi connectivity index (χ0n) is 14.8. The number of unbranched alkanes of at least 4 members (excludes halogenated alkanes) is 1. The maximum atomic E-state index is 12.3. The summed E-state index contributed by atoms with van der Waals surface area (Å²) in [5, 5.41) is 8.16. The van der Waals surface area contributed by atoms with E-state index in [1.54, 1.807) is 6.20 Å². The van der Waals surface area contributed by atoms with Gasteiger partial charge in [-0.3, -0.25) is 4.79 Å². The lowest BCUT2D eigenvalue weighted by Gasteiger charge is -2.08. The van der Waals surface area contributed by atoms with E-state index in [1.165, 1.54) is 16.9 Å². The smallest absolute Gasteiger partial charge is 0.263 e. The molecule has 0 saturated carbocycles. The minimum absolute atomic E-state index is 0.0518. The van der Waals surface area contributed by atoms with Crippen molar-refractivity contribution in [1.29, 1.82) is 0 Å². The molecule has 136 valence electrons. The quantitative estimate of drug-likeness (QED) is 0.780. The Balaban J connectivity index is 1.56. The third-order valence-corrected chi connectivity index (χ3v) is 5.52. The maximum absolute atomic E-state index is 12.3. The average molecular weight is 363 g/mol. The highest BCUT2D eigenvalue weighted by Gasteiger charge is 2.20. The summed E-state index contributed by atoms with van der Waals surface area (Å²) >= 11 is 1.46. The van der Waals surface area contributed by atoms with Gasteiger partial charge in [-0.15, -0.1) is 11.3 Å². The number of hydrogen-bond acceptors (Lipinski definition) is 6. The van der Waals surface area contributed by atoms with E-state index in [1.807, 2.05) is 6.92 Å². The molecule has 0 aromatic carbocycles. The highest BCUT2D eigenvalue weighted by Crippen LogP contribution is 2.21. The molecule has 0 spiro atoms. The lowest BCUT2D eigenvalue weighted by atomic mass is 10.0. The van der Waals surface area contributed by atoms with Gasteiger partial charge < -0.3 is 14.6 Å². The molecular weight excluding hydrogens is 338 g/mol. The second kappa shape index (κ2) is 8.58. The van der Waals surface area contributed by atoms with Crippen LogP contribution in [0.4, 0.5) is 0 Å². The monoisotopic (exact) mass is 363 g/mol. The maximum Gasteiger partial charge on any atom is 0.263 e. The van der Waals surface area contributed by atoms with E-state index < -0.39 is 0 Å². The van der Waals surface area contributed by atoms with Crippen molar-refractivity contribution in [1.82, 2.24) is 15.5 Å². The molecule has 1 amide bonds. The number of rotatable bonds is 8. The van der Waals surface area contributed by atoms with Gasteiger partial charge in [-0.05, 0) is 32.6 Å². The lowest BCUT2D eigenvalue weighted by Crippen LogP contribution is -2.34. The van der Waals surface area contributed by atoms with Gasteiger partial charge in [-0.25, -0.2) is 4.98 Å². The zero-order valence-corrected chi connectivity index (χ0v) is 15.7. The summed E-state index contributed by atoms with van der Waals surface area (Å²) in [5.41, 5.74) is 2.26. The van der Waals surface area contributed by atoms with Crippen LogP contribution in [0.3, 0.4) is 0 Å². The first-order valence-corrected chi connectivity index (χ1v) is 9.76. The predicted molar refractivity (Wildman–Crippen MR) is 96.1 cm³/mol. The Kier molecular flexibility index (Phi) is 6.20. The van der Waals surface area contributed by atoms with E-state index >= 15 is 0 Å². The minimum Gasteiger partial charge on any atom is -0.379 e. The van der Waals surface area contributed by atoms with E-state index in [-0.39, 0.29) is 11.9 Å². The molecule has 1 aliphatic rings. The van der Waals surface area contributed by atoms with E-state index in [9.17, 15) is 4.79 Å². The van der Waals surface area contributed by atoms with Crippen molar-refractivity contribution in [2.45, 2.75) is 58.4 Å². The molecule has 1 saturated heterocycles. The van der Waals surface area contributed by atoms with Gasteiger partial charge >= 0.3 is 0 Å². The number of ether oxygens (including phenoxy) is 1. The summed E-state index contributed by atoms with van der Waals surface area (Å²) in [5.74, 6) is 0.839. The molecular formula is C18H25N3O3S. The molecule has 7 heteroatoms. The van der Waals surface area contributed by atoms with Crippen LogP contribution in [0, 0.1) is 6.92 Å². The standard InChI is InChI=1S/C18H25N3O3S/c1-3-4-5-15-14(12(2)24-21-15)6-7-17-19-10-16(25-17)18(22)20-13-8-9-23-11-13/h10,13H,3-9,11H2,1-2H3,(H,20,22). The Morgan fingerprint density at radius 3 is 3.04 bits per heavy atom. The van der Waals surface area contributed by atoms with Crippen molar-refractivity contribution in [3.63, 3.8) is 0 Å². The molecule has 1 atom stereocenters. The Morgan fingerprint density at radius 2 is 2.28 bits per heavy atom. The van der Waals surface area contributed by atoms with Gasteiger partial charge in [0.15, 0.2) is 0 Å². The van der Waals surface area contributed by atoms with Crippen LogP contribution < -0.4 is 5.32 Å². The summed E-state index contributed by atoms with van der Waals surface area (Å²) in [6.45, 7) is 5.46. The number of amides is 1. The topological polar surface area (TPSA) is 77.2 Å². The van der Waals surface area contributed by atoms with Gasteiger partial charge in [0, 0.05) is 18.6 Å². The summed E-state index contributed by atoms with van der Waals surface area (Å²) in [7, 11) is 0. The molecule has 0 bridgehead atoms. The Labute approximate surface area is 152 Å². The van der Waals surface area contributed by atoms with Crippen molar-refractivity contribution in [2.24, 2.45) is 0 Å². The van der Waals surface area contributed by atoms with Gasteiger partial charge in [0.05, 0.1) is 29.5 Å². The molecule has 1 N–H and O–H groups in total. The third-order valence-electron chi connectivity index (χ3n) is 4.46. The Hall–Kier alpha value is -1.73. The third kappa shape index (κ3) is 4.67. The van der Waals surface area contributed by atoms with Crippen LogP contribution in [-0.2, 0) is 24.0 Å². The fourth-order valence-electron chi connectivity index (χ4n) is 2.97. The SMILES string of the molecule is CCCCc1noc(C)c1CCc1ncc(C(=O)NC2CCOC2)s1. The summed E-state index contributed by atoms with van der Waals surface area (Å²) in [6, 6.07) is 0.124. The Bertz CT molecular complexity index is 704. The van der Waals surface area contributed by atoms with Gasteiger partial charge in [-0.1, -0.05) is 18.5 Å². The summed E-state index contributed by atoms with van der Waals surface area (Å²) in [6.07, 6.45) is 7.41. The summed E-state index contributed by atoms with van der Waals surface area (Å²) < 4.78 is 10.6. The lowest BCUT2D eigenvalue weighted by molar-refractivity contribution is 0.0934. The first-order chi connectivity index (χ1) is 12.2. The normalized spacial score (nSPS) is 17.1. The van der Waals surface area contributed by atoms with Crippen LogP contribution in [0.15, 0.2) is 10.7 Å². The molecule has 6 nitrogen and oxygen atoms in total. The number of thiazole rings is 1. The van der Waals surface area contributed by atoms with Crippen LogP contribution in [0.2, 0.25) is 0 Å². The fraction of sp³-hybridized carbons (Fsp3) is 0.611. The van der Waals surface area contributed by atoms with E-state index in [0.29, 0.717) is 11.5 Å². The molecule has 2 aromatic rings. The molecule has 0 aliphatic carbocycles. The van der Waals surface area contributed by atoms with Gasteiger partial charge in [-0.2, -0.15) is 0 Å². The fourth-order valence-corrected chi connectivity index (χ4v) is 3.79. The number of aryl methyl sites for hydroxylation is 3. The molecule has 3 heterocycles. The average Bonchev–Trinajstić information content (AvgIpc) is 3.33. The molecule has 0 radical (unpaired) electrons. The van der Waals surface area contributed by atoms with Crippen LogP contribution >= 0.6 is 11.3 Å². The molecule has 3 rings (SSSR count). The molecule has 1 unspecified atom stereocenters. The number of hydrogen-bond donors (Lipinski definition) is 1. The summed E-state index contributed by atoms with van der Waals surface area (Å²) in [4.78, 5) is 17.3. The Morgan fingerprint density at radius 1 is 1.40 bits per heavy atom. The molecule has 1 fully saturated rings. The number of aromatic nitrogens is 2. The van der Waals surface area contributed by atoms with Gasteiger partial charge in [0.2, 0.25) is 0 Å². The largest absolute Gasteiger partial charge is 0.379 e. The van der Waals surface area contributed by atoms with Crippen LogP contribution in [0.5, 0.6) is 0 Å². The number of nitrogens with one attached hydrogen (secondary N) is 1. The number of carbonyl (C=O) groups is 1. The highest BCUT2D eigenvalue weighted by molar-refractivity contribution is 7.13. The van der Waals surface area contributed by atoms with E-state index in [2.05, 4.69) is 22.4 Å². The number of carbonyl (C=O) groups excluding carboxylic acids is 1. The van der Waals surface area contributed by atoms with Crippen LogP contribution in [0.1, 0.15) is 57.9 Å². The predicted octanol–water partition coefficient (Wildman–Crippen LogP) is 3.09. The second-order valence-electron chi connectivity index (χ2n) is 6.42. The van der Waals surface area contributed by atoms with Gasteiger partial charge in [0.1, 0.15) is 10.6 Å².